The second-order valence-electron chi connectivity index (χ2n) is 8.19. The third-order valence-corrected chi connectivity index (χ3v) is 5.20. The summed E-state index contributed by atoms with van der Waals surface area (Å²) < 4.78 is 0. The van der Waals surface area contributed by atoms with E-state index in [-0.39, 0.29) is 0 Å². The summed E-state index contributed by atoms with van der Waals surface area (Å²) in [5, 5.41) is 12.3. The van der Waals surface area contributed by atoms with Gasteiger partial charge in [0.1, 0.15) is 0 Å². The van der Waals surface area contributed by atoms with Crippen LogP contribution in [0.15, 0.2) is 0 Å². The number of aliphatic hydroxyl groups is 1. The number of rotatable bonds is 13. The molecule has 0 aromatic heterocycles. The Labute approximate surface area is 147 Å². The van der Waals surface area contributed by atoms with Gasteiger partial charge in [-0.15, -0.1) is 0 Å². The van der Waals surface area contributed by atoms with Crippen LogP contribution in [0.3, 0.4) is 0 Å². The van der Waals surface area contributed by atoms with Crippen molar-refractivity contribution in [2.75, 3.05) is 19.7 Å². The minimum atomic E-state index is 0.355. The molecule has 0 aromatic carbocycles. The van der Waals surface area contributed by atoms with Gasteiger partial charge in [-0.05, 0) is 49.6 Å². The molecule has 2 N–H and O–H groups in total. The van der Waals surface area contributed by atoms with Crippen molar-refractivity contribution in [3.63, 3.8) is 0 Å². The van der Waals surface area contributed by atoms with Crippen LogP contribution in [0, 0.1) is 10.8 Å². The van der Waals surface area contributed by atoms with Gasteiger partial charge in [-0.2, -0.15) is 0 Å². The molecule has 23 heavy (non-hydrogen) atoms. The number of nitrogens with one attached hydrogen (secondary N) is 1. The van der Waals surface area contributed by atoms with Gasteiger partial charge in [0, 0.05) is 6.61 Å². The molecule has 0 amide bonds. The molecule has 2 heteroatoms. The van der Waals surface area contributed by atoms with Gasteiger partial charge >= 0.3 is 0 Å². The first-order valence-corrected chi connectivity index (χ1v) is 10.1. The Morgan fingerprint density at radius 1 is 0.652 bits per heavy atom. The summed E-state index contributed by atoms with van der Waals surface area (Å²) in [6.45, 7) is 18.6. The molecule has 0 aliphatic rings. The van der Waals surface area contributed by atoms with Gasteiger partial charge in [-0.25, -0.2) is 0 Å². The third kappa shape index (κ3) is 15.2. The molecule has 0 rings (SSSR count). The van der Waals surface area contributed by atoms with E-state index in [4.69, 9.17) is 5.11 Å². The number of unbranched alkanes of at least 4 members (excludes halogenated alkanes) is 6. The predicted molar refractivity (Wildman–Crippen MR) is 106 cm³/mol. The maximum absolute atomic E-state index is 8.69. The standard InChI is InChI=1S/C19H41NO.C2H6/c1-18(2,3)19(4,5)14-10-12-16-20-15-11-8-6-7-9-13-17-21;1-2/h20-21H,6-17H2,1-5H3;1-2H3. The molecule has 0 aliphatic carbocycles. The Balaban J connectivity index is 0. The normalized spacial score (nSPS) is 12.0. The molecule has 0 aromatic rings. The number of hydrogen-bond donors (Lipinski definition) is 2. The van der Waals surface area contributed by atoms with E-state index in [9.17, 15) is 0 Å². The Bertz CT molecular complexity index is 230. The Kier molecular flexibility index (Phi) is 16.9. The Morgan fingerprint density at radius 3 is 1.57 bits per heavy atom. The molecular weight excluding hydrogens is 282 g/mol. The van der Waals surface area contributed by atoms with E-state index in [0.29, 0.717) is 17.4 Å². The lowest BCUT2D eigenvalue weighted by Gasteiger charge is -2.39. The quantitative estimate of drug-likeness (QED) is 0.395. The molecule has 0 saturated carbocycles. The summed E-state index contributed by atoms with van der Waals surface area (Å²) in [5.74, 6) is 0. The predicted octanol–water partition coefficient (Wildman–Crippen LogP) is 6.18. The molecule has 0 unspecified atom stereocenters. The van der Waals surface area contributed by atoms with Gasteiger partial charge in [0.05, 0.1) is 0 Å². The second kappa shape index (κ2) is 15.4. The van der Waals surface area contributed by atoms with E-state index in [1.54, 1.807) is 0 Å². The lowest BCUT2D eigenvalue weighted by Crippen LogP contribution is -2.29. The van der Waals surface area contributed by atoms with Crippen LogP contribution in [0.2, 0.25) is 0 Å². The van der Waals surface area contributed by atoms with Crippen LogP contribution < -0.4 is 5.32 Å². The summed E-state index contributed by atoms with van der Waals surface area (Å²) in [4.78, 5) is 0. The lowest BCUT2D eigenvalue weighted by molar-refractivity contribution is 0.116. The molecule has 0 aliphatic heterocycles. The first-order valence-electron chi connectivity index (χ1n) is 10.1. The first kappa shape index (κ1) is 25.2. The van der Waals surface area contributed by atoms with Crippen molar-refractivity contribution >= 4 is 0 Å². The maximum atomic E-state index is 8.69. The van der Waals surface area contributed by atoms with Crippen LogP contribution in [0.25, 0.3) is 0 Å². The van der Waals surface area contributed by atoms with E-state index >= 15 is 0 Å². The zero-order chi connectivity index (χ0) is 18.2. The zero-order valence-electron chi connectivity index (χ0n) is 17.4. The maximum Gasteiger partial charge on any atom is 0.0431 e. The lowest BCUT2D eigenvalue weighted by atomic mass is 9.67. The van der Waals surface area contributed by atoms with Gasteiger partial charge < -0.3 is 10.4 Å². The second-order valence-corrected chi connectivity index (χ2v) is 8.19. The molecule has 0 spiro atoms. The fourth-order valence-corrected chi connectivity index (χ4v) is 2.39. The molecule has 0 bridgehead atoms. The van der Waals surface area contributed by atoms with E-state index in [1.165, 1.54) is 64.5 Å². The largest absolute Gasteiger partial charge is 0.396 e. The molecule has 0 atom stereocenters. The van der Waals surface area contributed by atoms with Crippen molar-refractivity contribution in [2.45, 2.75) is 106 Å². The van der Waals surface area contributed by atoms with Crippen molar-refractivity contribution in [3.05, 3.63) is 0 Å². The highest BCUT2D eigenvalue weighted by Crippen LogP contribution is 2.41. The summed E-state index contributed by atoms with van der Waals surface area (Å²) in [6.07, 6.45) is 11.3. The Hall–Kier alpha value is -0.0800. The molecule has 0 radical (unpaired) electrons. The number of hydrogen-bond acceptors (Lipinski definition) is 2. The minimum Gasteiger partial charge on any atom is -0.396 e. The van der Waals surface area contributed by atoms with Crippen molar-refractivity contribution in [1.29, 1.82) is 0 Å². The number of aliphatic hydroxyl groups excluding tert-OH is 1. The monoisotopic (exact) mass is 329 g/mol. The van der Waals surface area contributed by atoms with Gasteiger partial charge in [0.25, 0.3) is 0 Å². The molecule has 0 heterocycles. The minimum absolute atomic E-state index is 0.355. The molecular formula is C21H47NO. The van der Waals surface area contributed by atoms with Crippen molar-refractivity contribution in [2.24, 2.45) is 10.8 Å². The van der Waals surface area contributed by atoms with Crippen LogP contribution >= 0.6 is 0 Å². The summed E-state index contributed by atoms with van der Waals surface area (Å²) >= 11 is 0. The van der Waals surface area contributed by atoms with Crippen molar-refractivity contribution < 1.29 is 5.11 Å². The fraction of sp³-hybridized carbons (Fsp3) is 1.00. The van der Waals surface area contributed by atoms with E-state index < -0.39 is 0 Å². The Morgan fingerprint density at radius 2 is 1.09 bits per heavy atom. The zero-order valence-corrected chi connectivity index (χ0v) is 17.4. The fourth-order valence-electron chi connectivity index (χ4n) is 2.39. The van der Waals surface area contributed by atoms with Crippen molar-refractivity contribution in [1.82, 2.24) is 5.32 Å². The molecule has 0 saturated heterocycles. The molecule has 0 fully saturated rings. The van der Waals surface area contributed by atoms with Crippen molar-refractivity contribution in [3.8, 4) is 0 Å². The topological polar surface area (TPSA) is 32.3 Å². The van der Waals surface area contributed by atoms with E-state index in [2.05, 4.69) is 39.9 Å². The van der Waals surface area contributed by atoms with E-state index in [0.717, 1.165) is 6.42 Å². The van der Waals surface area contributed by atoms with Crippen LogP contribution in [-0.2, 0) is 0 Å². The molecule has 2 nitrogen and oxygen atoms in total. The average molecular weight is 330 g/mol. The summed E-state index contributed by atoms with van der Waals surface area (Å²) in [6, 6.07) is 0. The van der Waals surface area contributed by atoms with Crippen LogP contribution in [-0.4, -0.2) is 24.8 Å². The highest BCUT2D eigenvalue weighted by atomic mass is 16.2. The summed E-state index contributed by atoms with van der Waals surface area (Å²) in [5.41, 5.74) is 0.831. The van der Waals surface area contributed by atoms with Crippen LogP contribution in [0.5, 0.6) is 0 Å². The van der Waals surface area contributed by atoms with E-state index in [1.807, 2.05) is 13.8 Å². The van der Waals surface area contributed by atoms with Crippen LogP contribution in [0.4, 0.5) is 0 Å². The van der Waals surface area contributed by atoms with Gasteiger partial charge in [-0.3, -0.25) is 0 Å². The summed E-state index contributed by atoms with van der Waals surface area (Å²) in [7, 11) is 0. The highest BCUT2D eigenvalue weighted by molar-refractivity contribution is 4.82. The SMILES string of the molecule is CC.CC(C)(C)C(C)(C)CCCCNCCCCCCCCO. The highest BCUT2D eigenvalue weighted by Gasteiger charge is 2.31. The van der Waals surface area contributed by atoms with Gasteiger partial charge in [0.15, 0.2) is 0 Å². The van der Waals surface area contributed by atoms with Crippen LogP contribution in [0.1, 0.15) is 106 Å². The van der Waals surface area contributed by atoms with Gasteiger partial charge in [-0.1, -0.05) is 80.6 Å². The first-order chi connectivity index (χ1) is 10.8. The van der Waals surface area contributed by atoms with Gasteiger partial charge in [0.2, 0.25) is 0 Å². The smallest absolute Gasteiger partial charge is 0.0431 e. The third-order valence-electron chi connectivity index (χ3n) is 5.20. The average Bonchev–Trinajstić information content (AvgIpc) is 2.49. The molecule has 142 valence electrons.